The van der Waals surface area contributed by atoms with Crippen LogP contribution in [0.15, 0.2) is 94.3 Å². The van der Waals surface area contributed by atoms with Crippen molar-refractivity contribution in [2.24, 2.45) is 0 Å². The molecule has 0 N–H and O–H groups in total. The molecule has 0 radical (unpaired) electrons. The van der Waals surface area contributed by atoms with Crippen molar-refractivity contribution in [1.29, 1.82) is 0 Å². The third kappa shape index (κ3) is 4.62. The molecule has 2 aromatic heterocycles. The zero-order valence-electron chi connectivity index (χ0n) is 18.0. The van der Waals surface area contributed by atoms with Crippen molar-refractivity contribution >= 4 is 11.0 Å². The number of hydrogen-bond donors (Lipinski definition) is 0. The number of hydrogen-bond acceptors (Lipinski definition) is 6. The van der Waals surface area contributed by atoms with E-state index in [2.05, 4.69) is 29.4 Å². The van der Waals surface area contributed by atoms with Gasteiger partial charge < -0.3 is 13.9 Å². The Balaban J connectivity index is 1.24. The van der Waals surface area contributed by atoms with Gasteiger partial charge in [0.2, 0.25) is 0 Å². The summed E-state index contributed by atoms with van der Waals surface area (Å²) in [4.78, 5) is 11.8. The quantitative estimate of drug-likeness (QED) is 0.338. The van der Waals surface area contributed by atoms with Gasteiger partial charge in [0.1, 0.15) is 36.0 Å². The van der Waals surface area contributed by atoms with Gasteiger partial charge in [0.25, 0.3) is 0 Å². The van der Waals surface area contributed by atoms with Crippen LogP contribution in [0.1, 0.15) is 16.8 Å². The zero-order chi connectivity index (χ0) is 22.6. The van der Waals surface area contributed by atoms with E-state index in [1.54, 1.807) is 23.0 Å². The molecule has 0 unspecified atom stereocenters. The number of aromatic nitrogens is 3. The summed E-state index contributed by atoms with van der Waals surface area (Å²) in [6.45, 7) is 2.76. The van der Waals surface area contributed by atoms with Gasteiger partial charge >= 0.3 is 5.63 Å². The van der Waals surface area contributed by atoms with Crippen LogP contribution in [0.25, 0.3) is 16.7 Å². The highest BCUT2D eigenvalue weighted by Gasteiger charge is 2.09. The van der Waals surface area contributed by atoms with Crippen LogP contribution in [-0.4, -0.2) is 15.0 Å². The first-order chi connectivity index (χ1) is 16.2. The number of rotatable bonds is 7. The van der Waals surface area contributed by atoms with Crippen LogP contribution < -0.4 is 15.1 Å². The fraction of sp³-hybridized carbons (Fsp3) is 0.115. The molecule has 0 spiro atoms. The van der Waals surface area contributed by atoms with Gasteiger partial charge in [-0.15, -0.1) is 5.10 Å². The average Bonchev–Trinajstić information content (AvgIpc) is 3.31. The summed E-state index contributed by atoms with van der Waals surface area (Å²) in [5, 5.41) is 9.08. The molecule has 3 aromatic carbocycles. The molecule has 0 amide bonds. The minimum absolute atomic E-state index is 0.172. The van der Waals surface area contributed by atoms with Gasteiger partial charge in [0.05, 0.1) is 23.3 Å². The number of aryl methyl sites for hydroxylation is 1. The fourth-order valence-electron chi connectivity index (χ4n) is 3.47. The molecule has 0 bridgehead atoms. The second-order valence-corrected chi connectivity index (χ2v) is 7.58. The average molecular weight is 439 g/mol. The highest BCUT2D eigenvalue weighted by molar-refractivity contribution is 5.82. The van der Waals surface area contributed by atoms with Crippen molar-refractivity contribution in [3.8, 4) is 17.2 Å². The Morgan fingerprint density at radius 2 is 1.70 bits per heavy atom. The molecule has 0 aliphatic rings. The van der Waals surface area contributed by atoms with Crippen molar-refractivity contribution in [2.45, 2.75) is 20.1 Å². The maximum Gasteiger partial charge on any atom is 0.339 e. The van der Waals surface area contributed by atoms with Crippen LogP contribution in [0.3, 0.4) is 0 Å². The molecule has 7 nitrogen and oxygen atoms in total. The van der Waals surface area contributed by atoms with Crippen LogP contribution >= 0.6 is 0 Å². The minimum atomic E-state index is -0.461. The predicted molar refractivity (Wildman–Crippen MR) is 124 cm³/mol. The van der Waals surface area contributed by atoms with Gasteiger partial charge in [-0.1, -0.05) is 41.6 Å². The summed E-state index contributed by atoms with van der Waals surface area (Å²) >= 11 is 0. The highest BCUT2D eigenvalue weighted by atomic mass is 16.5. The lowest BCUT2D eigenvalue weighted by Gasteiger charge is -2.09. The number of para-hydroxylation sites is 1. The van der Waals surface area contributed by atoms with E-state index in [1.165, 1.54) is 11.6 Å². The van der Waals surface area contributed by atoms with Gasteiger partial charge in [-0.05, 0) is 54.4 Å². The molecule has 0 atom stereocenters. The first kappa shape index (κ1) is 20.5. The summed E-state index contributed by atoms with van der Waals surface area (Å²) in [6, 6.07) is 24.4. The third-order valence-electron chi connectivity index (χ3n) is 5.29. The molecule has 5 rings (SSSR count). The van der Waals surface area contributed by atoms with Crippen LogP contribution in [0.5, 0.6) is 11.5 Å². The van der Waals surface area contributed by atoms with Crippen LogP contribution in [0.2, 0.25) is 0 Å². The second-order valence-electron chi connectivity index (χ2n) is 7.58. The van der Waals surface area contributed by atoms with Gasteiger partial charge in [0.15, 0.2) is 0 Å². The molecule has 0 saturated carbocycles. The topological polar surface area (TPSA) is 79.4 Å². The standard InChI is InChI=1S/C26H21N3O4/c1-18-6-2-3-7-19(18)16-31-22-12-10-21(11-13-22)29-15-20(27-28-29)17-32-25-14-26(30)33-24-9-5-4-8-23(24)25/h2-15H,16-17H2,1H3. The largest absolute Gasteiger partial charge is 0.489 e. The van der Waals surface area contributed by atoms with E-state index in [1.807, 2.05) is 48.5 Å². The summed E-state index contributed by atoms with van der Waals surface area (Å²) in [5.41, 5.74) is 3.86. The van der Waals surface area contributed by atoms with Gasteiger partial charge in [-0.3, -0.25) is 0 Å². The smallest absolute Gasteiger partial charge is 0.339 e. The normalized spacial score (nSPS) is 10.9. The fourth-order valence-corrected chi connectivity index (χ4v) is 3.47. The second kappa shape index (κ2) is 9.00. The Kier molecular flexibility index (Phi) is 5.59. The maximum absolute atomic E-state index is 11.8. The number of benzene rings is 3. The Morgan fingerprint density at radius 3 is 2.55 bits per heavy atom. The SMILES string of the molecule is Cc1ccccc1COc1ccc(-n2cc(COc3cc(=O)oc4ccccc34)nn2)cc1. The lowest BCUT2D eigenvalue weighted by Crippen LogP contribution is -2.02. The lowest BCUT2D eigenvalue weighted by atomic mass is 10.1. The number of nitrogens with zero attached hydrogens (tertiary/aromatic N) is 3. The zero-order valence-corrected chi connectivity index (χ0v) is 18.0. The Morgan fingerprint density at radius 1 is 0.909 bits per heavy atom. The van der Waals surface area contributed by atoms with Crippen molar-refractivity contribution in [2.75, 3.05) is 0 Å². The summed E-state index contributed by atoms with van der Waals surface area (Å²) in [6.07, 6.45) is 1.79. The van der Waals surface area contributed by atoms with Crippen molar-refractivity contribution < 1.29 is 13.9 Å². The van der Waals surface area contributed by atoms with Gasteiger partial charge in [-0.25, -0.2) is 9.48 Å². The molecule has 7 heteroatoms. The summed E-state index contributed by atoms with van der Waals surface area (Å²) in [7, 11) is 0. The molecular weight excluding hydrogens is 418 g/mol. The van der Waals surface area contributed by atoms with E-state index < -0.39 is 5.63 Å². The van der Waals surface area contributed by atoms with Crippen LogP contribution in [-0.2, 0) is 13.2 Å². The van der Waals surface area contributed by atoms with E-state index in [4.69, 9.17) is 13.9 Å². The molecule has 164 valence electrons. The van der Waals surface area contributed by atoms with Crippen molar-refractivity contribution in [1.82, 2.24) is 15.0 Å². The van der Waals surface area contributed by atoms with Gasteiger partial charge in [-0.2, -0.15) is 0 Å². The number of ether oxygens (including phenoxy) is 2. The number of fused-ring (bicyclic) bond motifs is 1. The predicted octanol–water partition coefficient (Wildman–Crippen LogP) is 4.84. The first-order valence-corrected chi connectivity index (χ1v) is 10.5. The van der Waals surface area contributed by atoms with Crippen LogP contribution in [0, 0.1) is 6.92 Å². The molecule has 33 heavy (non-hydrogen) atoms. The Labute approximate surface area is 189 Å². The minimum Gasteiger partial charge on any atom is -0.489 e. The van der Waals surface area contributed by atoms with Crippen molar-refractivity contribution in [3.63, 3.8) is 0 Å². The highest BCUT2D eigenvalue weighted by Crippen LogP contribution is 2.24. The molecule has 5 aromatic rings. The molecule has 0 aliphatic heterocycles. The molecule has 0 fully saturated rings. The monoisotopic (exact) mass is 439 g/mol. The third-order valence-corrected chi connectivity index (χ3v) is 5.29. The Hall–Kier alpha value is -4.39. The van der Waals surface area contributed by atoms with E-state index >= 15 is 0 Å². The van der Waals surface area contributed by atoms with E-state index in [0.717, 1.165) is 22.4 Å². The molecule has 0 saturated heterocycles. The molecule has 2 heterocycles. The maximum atomic E-state index is 11.8. The Bertz CT molecular complexity index is 1450. The van der Waals surface area contributed by atoms with Crippen molar-refractivity contribution in [3.05, 3.63) is 112 Å². The van der Waals surface area contributed by atoms with Gasteiger partial charge in [0, 0.05) is 0 Å². The van der Waals surface area contributed by atoms with Crippen LogP contribution in [0.4, 0.5) is 0 Å². The summed E-state index contributed by atoms with van der Waals surface area (Å²) < 4.78 is 18.6. The molecule has 0 aliphatic carbocycles. The van der Waals surface area contributed by atoms with E-state index in [-0.39, 0.29) is 6.61 Å². The van der Waals surface area contributed by atoms with E-state index in [9.17, 15) is 4.79 Å². The summed E-state index contributed by atoms with van der Waals surface area (Å²) in [5.74, 6) is 1.23. The molecular formula is C26H21N3O4. The van der Waals surface area contributed by atoms with E-state index in [0.29, 0.717) is 23.6 Å². The first-order valence-electron chi connectivity index (χ1n) is 10.5. The lowest BCUT2D eigenvalue weighted by molar-refractivity contribution is 0.302.